The average molecular weight is 407 g/mol. The van der Waals surface area contributed by atoms with E-state index in [1.54, 1.807) is 24.3 Å². The molecule has 4 rings (SSSR count). The van der Waals surface area contributed by atoms with Crippen molar-refractivity contribution in [2.75, 3.05) is 13.1 Å². The van der Waals surface area contributed by atoms with Crippen molar-refractivity contribution in [3.63, 3.8) is 0 Å². The van der Waals surface area contributed by atoms with Crippen LogP contribution < -0.4 is 4.72 Å². The van der Waals surface area contributed by atoms with Gasteiger partial charge in [-0.15, -0.1) is 0 Å². The normalized spacial score (nSPS) is 21.4. The van der Waals surface area contributed by atoms with Crippen LogP contribution in [0.3, 0.4) is 0 Å². The minimum atomic E-state index is -3.72. The molecule has 1 heterocycles. The van der Waals surface area contributed by atoms with Crippen LogP contribution in [0.2, 0.25) is 5.02 Å². The van der Waals surface area contributed by atoms with Gasteiger partial charge in [-0.2, -0.15) is 0 Å². The first-order valence-electron chi connectivity index (χ1n) is 9.42. The maximum atomic E-state index is 12.9. The van der Waals surface area contributed by atoms with Crippen LogP contribution in [0.1, 0.15) is 32.1 Å². The van der Waals surface area contributed by atoms with Crippen molar-refractivity contribution in [3.8, 4) is 0 Å². The van der Waals surface area contributed by atoms with E-state index in [0.29, 0.717) is 29.4 Å². The SMILES string of the molecule is O=C1CC(CNS(=O)(=O)c2cccc3cccc(Cl)c23)CN1C1CCCC1. The maximum Gasteiger partial charge on any atom is 0.241 e. The van der Waals surface area contributed by atoms with Crippen molar-refractivity contribution in [1.82, 2.24) is 9.62 Å². The third-order valence-corrected chi connectivity index (χ3v) is 7.45. The van der Waals surface area contributed by atoms with Gasteiger partial charge in [0.1, 0.15) is 0 Å². The molecule has 1 saturated heterocycles. The number of rotatable bonds is 5. The van der Waals surface area contributed by atoms with Gasteiger partial charge in [0.2, 0.25) is 15.9 Å². The second-order valence-corrected chi connectivity index (χ2v) is 9.64. The first-order chi connectivity index (χ1) is 13.0. The van der Waals surface area contributed by atoms with Crippen molar-refractivity contribution >= 4 is 38.3 Å². The second kappa shape index (κ2) is 7.41. The Labute approximate surface area is 164 Å². The predicted molar refractivity (Wildman–Crippen MR) is 106 cm³/mol. The summed E-state index contributed by atoms with van der Waals surface area (Å²) < 4.78 is 28.5. The summed E-state index contributed by atoms with van der Waals surface area (Å²) in [6.07, 6.45) is 4.90. The lowest BCUT2D eigenvalue weighted by atomic mass is 10.1. The summed E-state index contributed by atoms with van der Waals surface area (Å²) in [5, 5.41) is 1.73. The summed E-state index contributed by atoms with van der Waals surface area (Å²) in [4.78, 5) is 14.5. The van der Waals surface area contributed by atoms with E-state index in [4.69, 9.17) is 11.6 Å². The fraction of sp³-hybridized carbons (Fsp3) is 0.450. The molecular weight excluding hydrogens is 384 g/mol. The monoisotopic (exact) mass is 406 g/mol. The van der Waals surface area contributed by atoms with Crippen LogP contribution in [0, 0.1) is 5.92 Å². The molecule has 0 spiro atoms. The highest BCUT2D eigenvalue weighted by atomic mass is 35.5. The van der Waals surface area contributed by atoms with Gasteiger partial charge in [-0.25, -0.2) is 13.1 Å². The van der Waals surface area contributed by atoms with Gasteiger partial charge < -0.3 is 4.90 Å². The third kappa shape index (κ3) is 3.71. The standard InChI is InChI=1S/C20H23ClN2O3S/c21-17-9-3-5-15-6-4-10-18(20(15)17)27(25,26)22-12-14-11-19(24)23(13-14)16-7-1-2-8-16/h3-6,9-10,14,16,22H,1-2,7-8,11-13H2. The lowest BCUT2D eigenvalue weighted by Gasteiger charge is -2.24. The number of hydrogen-bond acceptors (Lipinski definition) is 3. The molecule has 0 aromatic heterocycles. The Morgan fingerprint density at radius 2 is 1.81 bits per heavy atom. The van der Waals surface area contributed by atoms with Gasteiger partial charge in [0.25, 0.3) is 0 Å². The molecule has 1 saturated carbocycles. The van der Waals surface area contributed by atoms with Crippen LogP contribution in [-0.4, -0.2) is 38.4 Å². The molecule has 144 valence electrons. The molecule has 0 bridgehead atoms. The lowest BCUT2D eigenvalue weighted by Crippen LogP contribution is -2.36. The Morgan fingerprint density at radius 3 is 2.56 bits per heavy atom. The number of carbonyl (C=O) groups excluding carboxylic acids is 1. The number of carbonyl (C=O) groups is 1. The molecule has 1 aliphatic carbocycles. The minimum absolute atomic E-state index is 0.0123. The van der Waals surface area contributed by atoms with Crippen molar-refractivity contribution in [2.45, 2.75) is 43.0 Å². The smallest absolute Gasteiger partial charge is 0.241 e. The fourth-order valence-electron chi connectivity index (χ4n) is 4.31. The van der Waals surface area contributed by atoms with Gasteiger partial charge in [-0.1, -0.05) is 48.7 Å². The molecule has 2 aromatic carbocycles. The third-order valence-electron chi connectivity index (χ3n) is 5.67. The number of fused-ring (bicyclic) bond motifs is 1. The second-order valence-electron chi connectivity index (χ2n) is 7.50. The van der Waals surface area contributed by atoms with Crippen molar-refractivity contribution in [3.05, 3.63) is 41.4 Å². The maximum absolute atomic E-state index is 12.9. The molecule has 1 unspecified atom stereocenters. The first-order valence-corrected chi connectivity index (χ1v) is 11.3. The van der Waals surface area contributed by atoms with E-state index >= 15 is 0 Å². The summed E-state index contributed by atoms with van der Waals surface area (Å²) in [7, 11) is -3.72. The fourth-order valence-corrected chi connectivity index (χ4v) is 6.01. The molecule has 2 aromatic rings. The Hall–Kier alpha value is -1.63. The number of benzene rings is 2. The van der Waals surface area contributed by atoms with Crippen LogP contribution in [0.5, 0.6) is 0 Å². The van der Waals surface area contributed by atoms with E-state index in [0.717, 1.165) is 18.2 Å². The van der Waals surface area contributed by atoms with Gasteiger partial charge >= 0.3 is 0 Å². The zero-order valence-corrected chi connectivity index (χ0v) is 16.6. The molecular formula is C20H23ClN2O3S. The largest absolute Gasteiger partial charge is 0.339 e. The first kappa shape index (κ1) is 18.7. The number of sulfonamides is 1. The Balaban J connectivity index is 1.49. The summed E-state index contributed by atoms with van der Waals surface area (Å²) in [5.74, 6) is 0.164. The topological polar surface area (TPSA) is 66.5 Å². The van der Waals surface area contributed by atoms with Crippen LogP contribution >= 0.6 is 11.6 Å². The van der Waals surface area contributed by atoms with Crippen molar-refractivity contribution < 1.29 is 13.2 Å². The van der Waals surface area contributed by atoms with Crippen LogP contribution in [-0.2, 0) is 14.8 Å². The summed E-state index contributed by atoms with van der Waals surface area (Å²) in [6.45, 7) is 0.903. The van der Waals surface area contributed by atoms with Gasteiger partial charge in [0, 0.05) is 36.0 Å². The summed E-state index contributed by atoms with van der Waals surface area (Å²) in [5.41, 5.74) is 0. The van der Waals surface area contributed by atoms with E-state index in [1.165, 1.54) is 12.8 Å². The van der Waals surface area contributed by atoms with E-state index in [1.807, 2.05) is 17.0 Å². The van der Waals surface area contributed by atoms with Gasteiger partial charge in [-0.05, 0) is 36.3 Å². The average Bonchev–Trinajstić information content (AvgIpc) is 3.29. The number of likely N-dealkylation sites (tertiary alicyclic amines) is 1. The van der Waals surface area contributed by atoms with Crippen LogP contribution in [0.4, 0.5) is 0 Å². The van der Waals surface area contributed by atoms with Crippen molar-refractivity contribution in [1.29, 1.82) is 0 Å². The summed E-state index contributed by atoms with van der Waals surface area (Å²) in [6, 6.07) is 10.8. The van der Waals surface area contributed by atoms with Gasteiger partial charge in [0.05, 0.1) is 4.90 Å². The highest BCUT2D eigenvalue weighted by molar-refractivity contribution is 7.89. The molecule has 0 radical (unpaired) electrons. The quantitative estimate of drug-likeness (QED) is 0.825. The number of amides is 1. The molecule has 1 amide bonds. The Kier molecular flexibility index (Phi) is 5.14. The molecule has 1 atom stereocenters. The zero-order valence-electron chi connectivity index (χ0n) is 15.0. The Morgan fingerprint density at radius 1 is 1.11 bits per heavy atom. The van der Waals surface area contributed by atoms with Crippen LogP contribution in [0.25, 0.3) is 10.8 Å². The molecule has 5 nitrogen and oxygen atoms in total. The van der Waals surface area contributed by atoms with E-state index in [9.17, 15) is 13.2 Å². The minimum Gasteiger partial charge on any atom is -0.339 e. The lowest BCUT2D eigenvalue weighted by molar-refractivity contribution is -0.129. The number of nitrogens with one attached hydrogen (secondary N) is 1. The number of hydrogen-bond donors (Lipinski definition) is 1. The molecule has 2 fully saturated rings. The zero-order chi connectivity index (χ0) is 19.0. The number of nitrogens with zero attached hydrogens (tertiary/aromatic N) is 1. The highest BCUT2D eigenvalue weighted by Gasteiger charge is 2.36. The van der Waals surface area contributed by atoms with Crippen molar-refractivity contribution in [2.24, 2.45) is 5.92 Å². The van der Waals surface area contributed by atoms with Gasteiger partial charge in [0.15, 0.2) is 0 Å². The highest BCUT2D eigenvalue weighted by Crippen LogP contribution is 2.31. The Bertz CT molecular complexity index is 965. The molecule has 2 aliphatic rings. The molecule has 1 N–H and O–H groups in total. The molecule has 27 heavy (non-hydrogen) atoms. The van der Waals surface area contributed by atoms with E-state index in [2.05, 4.69) is 4.72 Å². The van der Waals surface area contributed by atoms with Crippen LogP contribution in [0.15, 0.2) is 41.3 Å². The molecule has 7 heteroatoms. The van der Waals surface area contributed by atoms with E-state index in [-0.39, 0.29) is 23.3 Å². The van der Waals surface area contributed by atoms with Gasteiger partial charge in [-0.3, -0.25) is 4.79 Å². The summed E-state index contributed by atoms with van der Waals surface area (Å²) >= 11 is 6.26. The molecule has 1 aliphatic heterocycles. The number of halogens is 1. The van der Waals surface area contributed by atoms with E-state index < -0.39 is 10.0 Å². The predicted octanol–water partition coefficient (Wildman–Crippen LogP) is 3.56.